The largest absolute Gasteiger partial charge is 0.255 e. The Labute approximate surface area is 139 Å². The minimum atomic E-state index is -3.71. The second-order valence-corrected chi connectivity index (χ2v) is 7.68. The molecule has 4 rings (SSSR count). The van der Waals surface area contributed by atoms with Crippen LogP contribution in [-0.2, 0) is 16.6 Å². The van der Waals surface area contributed by atoms with Crippen LogP contribution in [0.25, 0.3) is 10.9 Å². The van der Waals surface area contributed by atoms with Gasteiger partial charge in [-0.3, -0.25) is 4.98 Å². The molecule has 0 unspecified atom stereocenters. The van der Waals surface area contributed by atoms with Crippen LogP contribution < -0.4 is 4.72 Å². The van der Waals surface area contributed by atoms with Crippen LogP contribution in [0.4, 0.5) is 0 Å². The molecule has 7 nitrogen and oxygen atoms in total. The summed E-state index contributed by atoms with van der Waals surface area (Å²) in [5, 5.41) is 4.94. The monoisotopic (exact) mass is 343 g/mol. The van der Waals surface area contributed by atoms with Crippen molar-refractivity contribution in [2.75, 3.05) is 0 Å². The maximum atomic E-state index is 12.9. The fraction of sp³-hybridized carbons (Fsp3) is 0.312. The maximum Gasteiger partial charge on any atom is 0.243 e. The predicted molar refractivity (Wildman–Crippen MR) is 88.8 cm³/mol. The zero-order chi connectivity index (χ0) is 16.7. The van der Waals surface area contributed by atoms with Crippen LogP contribution in [-0.4, -0.2) is 28.2 Å². The number of hydrogen-bond acceptors (Lipinski definition) is 5. The Bertz CT molecular complexity index is 1010. The number of rotatable bonds is 3. The van der Waals surface area contributed by atoms with Crippen molar-refractivity contribution in [1.82, 2.24) is 24.5 Å². The van der Waals surface area contributed by atoms with Gasteiger partial charge in [-0.1, -0.05) is 12.1 Å². The summed E-state index contributed by atoms with van der Waals surface area (Å²) >= 11 is 0. The number of fused-ring (bicyclic) bond motifs is 2. The number of aromatic nitrogens is 4. The molecule has 1 atom stereocenters. The lowest BCUT2D eigenvalue weighted by molar-refractivity contribution is 0.400. The van der Waals surface area contributed by atoms with Crippen molar-refractivity contribution in [1.29, 1.82) is 0 Å². The minimum absolute atomic E-state index is 0.191. The number of nitrogens with one attached hydrogen (secondary N) is 1. The third-order valence-corrected chi connectivity index (χ3v) is 5.72. The quantitative estimate of drug-likeness (QED) is 0.785. The highest BCUT2D eigenvalue weighted by molar-refractivity contribution is 7.89. The predicted octanol–water partition coefficient (Wildman–Crippen LogP) is 1.95. The molecule has 0 saturated heterocycles. The van der Waals surface area contributed by atoms with Gasteiger partial charge in [-0.25, -0.2) is 22.8 Å². The molecule has 3 heterocycles. The average Bonchev–Trinajstić information content (AvgIpc) is 3.03. The molecular weight excluding hydrogens is 326 g/mol. The molecule has 1 aliphatic heterocycles. The second kappa shape index (κ2) is 5.64. The number of aryl methyl sites for hydroxylation is 2. The summed E-state index contributed by atoms with van der Waals surface area (Å²) in [6.07, 6.45) is 4.70. The van der Waals surface area contributed by atoms with Crippen LogP contribution >= 0.6 is 0 Å². The van der Waals surface area contributed by atoms with Crippen molar-refractivity contribution in [2.24, 2.45) is 0 Å². The van der Waals surface area contributed by atoms with Gasteiger partial charge in [0.1, 0.15) is 17.0 Å². The summed E-state index contributed by atoms with van der Waals surface area (Å²) in [4.78, 5) is 8.71. The van der Waals surface area contributed by atoms with Crippen molar-refractivity contribution in [3.63, 3.8) is 0 Å². The van der Waals surface area contributed by atoms with Gasteiger partial charge >= 0.3 is 0 Å². The lowest BCUT2D eigenvalue weighted by atomic mass is 10.1. The molecule has 1 aliphatic rings. The van der Waals surface area contributed by atoms with Crippen molar-refractivity contribution in [3.8, 4) is 0 Å². The van der Waals surface area contributed by atoms with E-state index < -0.39 is 10.0 Å². The summed E-state index contributed by atoms with van der Waals surface area (Å²) in [6, 6.07) is 6.75. The summed E-state index contributed by atoms with van der Waals surface area (Å²) in [7, 11) is -3.71. The SMILES string of the molecule is Cc1cnc2c(S(=O)(=O)N[C@H]3CCCn4ncnc43)cccc2c1. The minimum Gasteiger partial charge on any atom is -0.255 e. The van der Waals surface area contributed by atoms with E-state index in [2.05, 4.69) is 19.8 Å². The summed E-state index contributed by atoms with van der Waals surface area (Å²) in [5.41, 5.74) is 1.47. The van der Waals surface area contributed by atoms with Crippen LogP contribution in [0.2, 0.25) is 0 Å². The molecule has 1 aromatic carbocycles. The maximum absolute atomic E-state index is 12.9. The Kier molecular flexibility index (Phi) is 3.58. The number of hydrogen-bond donors (Lipinski definition) is 1. The summed E-state index contributed by atoms with van der Waals surface area (Å²) < 4.78 is 30.4. The van der Waals surface area contributed by atoms with Crippen LogP contribution in [0.1, 0.15) is 30.3 Å². The zero-order valence-corrected chi connectivity index (χ0v) is 14.0. The van der Waals surface area contributed by atoms with E-state index in [4.69, 9.17) is 0 Å². The van der Waals surface area contributed by atoms with E-state index >= 15 is 0 Å². The Balaban J connectivity index is 1.75. The normalized spacial score (nSPS) is 17.8. The van der Waals surface area contributed by atoms with Gasteiger partial charge in [0, 0.05) is 18.1 Å². The van der Waals surface area contributed by atoms with Crippen LogP contribution in [0, 0.1) is 6.92 Å². The second-order valence-electron chi connectivity index (χ2n) is 6.00. The molecule has 0 bridgehead atoms. The number of sulfonamides is 1. The first-order valence-electron chi connectivity index (χ1n) is 7.80. The molecule has 0 saturated carbocycles. The zero-order valence-electron chi connectivity index (χ0n) is 13.2. The van der Waals surface area contributed by atoms with Gasteiger partial charge in [0.15, 0.2) is 0 Å². The molecule has 24 heavy (non-hydrogen) atoms. The van der Waals surface area contributed by atoms with E-state index in [1.807, 2.05) is 19.1 Å². The Hall–Kier alpha value is -2.32. The van der Waals surface area contributed by atoms with Gasteiger partial charge < -0.3 is 0 Å². The van der Waals surface area contributed by atoms with Crippen molar-refractivity contribution < 1.29 is 8.42 Å². The first-order valence-corrected chi connectivity index (χ1v) is 9.28. The number of benzene rings is 1. The van der Waals surface area contributed by atoms with Gasteiger partial charge in [-0.15, -0.1) is 0 Å². The van der Waals surface area contributed by atoms with Gasteiger partial charge in [0.25, 0.3) is 0 Å². The third kappa shape index (κ3) is 2.57. The Morgan fingerprint density at radius 3 is 3.04 bits per heavy atom. The number of nitrogens with zero attached hydrogens (tertiary/aromatic N) is 4. The van der Waals surface area contributed by atoms with Gasteiger partial charge in [0.2, 0.25) is 10.0 Å². The van der Waals surface area contributed by atoms with Crippen LogP contribution in [0.5, 0.6) is 0 Å². The van der Waals surface area contributed by atoms with Crippen molar-refractivity contribution >= 4 is 20.9 Å². The molecule has 0 radical (unpaired) electrons. The molecule has 124 valence electrons. The van der Waals surface area contributed by atoms with Gasteiger partial charge in [-0.2, -0.15) is 5.10 Å². The third-order valence-electron chi connectivity index (χ3n) is 4.22. The van der Waals surface area contributed by atoms with Crippen molar-refractivity contribution in [3.05, 3.63) is 48.2 Å². The average molecular weight is 343 g/mol. The lowest BCUT2D eigenvalue weighted by Crippen LogP contribution is -2.33. The highest BCUT2D eigenvalue weighted by Crippen LogP contribution is 2.27. The smallest absolute Gasteiger partial charge is 0.243 e. The molecule has 0 spiro atoms. The highest BCUT2D eigenvalue weighted by Gasteiger charge is 2.28. The van der Waals surface area contributed by atoms with Crippen LogP contribution in [0.15, 0.2) is 41.7 Å². The molecule has 3 aromatic rings. The Morgan fingerprint density at radius 2 is 2.17 bits per heavy atom. The lowest BCUT2D eigenvalue weighted by Gasteiger charge is -2.23. The molecule has 0 amide bonds. The van der Waals surface area contributed by atoms with E-state index in [-0.39, 0.29) is 10.9 Å². The topological polar surface area (TPSA) is 89.8 Å². The molecule has 1 N–H and O–H groups in total. The molecule has 0 fully saturated rings. The molecular formula is C16H17N5O2S. The molecule has 2 aromatic heterocycles. The first kappa shape index (κ1) is 15.2. The first-order chi connectivity index (χ1) is 11.5. The van der Waals surface area contributed by atoms with Gasteiger partial charge in [-0.05, 0) is 37.5 Å². The van der Waals surface area contributed by atoms with E-state index in [0.717, 1.165) is 23.9 Å². The fourth-order valence-electron chi connectivity index (χ4n) is 3.11. The number of para-hydroxylation sites is 1. The number of pyridine rings is 1. The van der Waals surface area contributed by atoms with Gasteiger partial charge in [0.05, 0.1) is 11.6 Å². The van der Waals surface area contributed by atoms with Crippen LogP contribution in [0.3, 0.4) is 0 Å². The standard InChI is InChI=1S/C16H17N5O2S/c1-11-8-12-4-2-6-14(15(12)17-9-11)24(22,23)20-13-5-3-7-21-16(13)18-10-19-21/h2,4,6,8-10,13,20H,3,5,7H2,1H3/t13-/m0/s1. The molecule has 8 heteroatoms. The molecule has 0 aliphatic carbocycles. The fourth-order valence-corrected chi connectivity index (χ4v) is 4.52. The highest BCUT2D eigenvalue weighted by atomic mass is 32.2. The summed E-state index contributed by atoms with van der Waals surface area (Å²) in [5.74, 6) is 0.661. The van der Waals surface area contributed by atoms with E-state index in [1.54, 1.807) is 23.0 Å². The van der Waals surface area contributed by atoms with E-state index in [9.17, 15) is 8.42 Å². The van der Waals surface area contributed by atoms with E-state index in [0.29, 0.717) is 17.8 Å². The Morgan fingerprint density at radius 1 is 1.29 bits per heavy atom. The van der Waals surface area contributed by atoms with Crippen molar-refractivity contribution in [2.45, 2.75) is 37.2 Å². The van der Waals surface area contributed by atoms with E-state index in [1.165, 1.54) is 6.33 Å². The summed E-state index contributed by atoms with van der Waals surface area (Å²) in [6.45, 7) is 2.70.